The first-order valence-corrected chi connectivity index (χ1v) is 5.68. The Morgan fingerprint density at radius 1 is 1.50 bits per heavy atom. The third-order valence-electron chi connectivity index (χ3n) is 2.70. The van der Waals surface area contributed by atoms with Gasteiger partial charge in [-0.3, -0.25) is 4.79 Å². The van der Waals surface area contributed by atoms with Gasteiger partial charge in [-0.25, -0.2) is 0 Å². The molecule has 0 aromatic carbocycles. The van der Waals surface area contributed by atoms with Crippen molar-refractivity contribution in [1.29, 1.82) is 0 Å². The molecule has 0 fully saturated rings. The van der Waals surface area contributed by atoms with Crippen LogP contribution in [-0.4, -0.2) is 17.6 Å². The van der Waals surface area contributed by atoms with Crippen LogP contribution >= 0.6 is 0 Å². The van der Waals surface area contributed by atoms with Crippen LogP contribution in [0.2, 0.25) is 0 Å². The molecule has 0 aliphatic heterocycles. The molecule has 1 aromatic rings. The molecular weight excluding hydrogens is 206 g/mol. The summed E-state index contributed by atoms with van der Waals surface area (Å²) in [7, 11) is 0. The molecule has 4 nitrogen and oxygen atoms in total. The van der Waals surface area contributed by atoms with Gasteiger partial charge in [0, 0.05) is 5.92 Å². The Hall–Kier alpha value is -1.29. The fourth-order valence-corrected chi connectivity index (χ4v) is 1.58. The molecule has 4 heteroatoms. The minimum atomic E-state index is -0.770. The van der Waals surface area contributed by atoms with Gasteiger partial charge in [-0.05, 0) is 25.0 Å². The number of carbonyl (C=O) groups excluding carboxylic acids is 1. The zero-order valence-electron chi connectivity index (χ0n) is 9.77. The molecule has 0 aliphatic carbocycles. The lowest BCUT2D eigenvalue weighted by Crippen LogP contribution is -2.33. The minimum absolute atomic E-state index is 0.00407. The van der Waals surface area contributed by atoms with Gasteiger partial charge in [0.05, 0.1) is 12.8 Å². The standard InChI is InChI=1S/C12H19NO3/c1-3-9(4-2)12(15)13-8-10(14)11-6-5-7-16-11/h5-7,9-10,14H,3-4,8H2,1-2H3,(H,13,15). The van der Waals surface area contributed by atoms with Crippen molar-refractivity contribution in [2.75, 3.05) is 6.54 Å². The highest BCUT2D eigenvalue weighted by atomic mass is 16.4. The van der Waals surface area contributed by atoms with Gasteiger partial charge in [0.1, 0.15) is 11.9 Å². The van der Waals surface area contributed by atoms with Crippen molar-refractivity contribution in [3.8, 4) is 0 Å². The minimum Gasteiger partial charge on any atom is -0.467 e. The van der Waals surface area contributed by atoms with E-state index >= 15 is 0 Å². The summed E-state index contributed by atoms with van der Waals surface area (Å²) < 4.78 is 5.04. The third-order valence-corrected chi connectivity index (χ3v) is 2.70. The van der Waals surface area contributed by atoms with Crippen molar-refractivity contribution >= 4 is 5.91 Å². The van der Waals surface area contributed by atoms with E-state index in [-0.39, 0.29) is 18.4 Å². The summed E-state index contributed by atoms with van der Waals surface area (Å²) in [5.74, 6) is 0.504. The van der Waals surface area contributed by atoms with E-state index in [1.165, 1.54) is 6.26 Å². The molecule has 0 spiro atoms. The number of aliphatic hydroxyl groups excluding tert-OH is 1. The molecule has 1 aromatic heterocycles. The van der Waals surface area contributed by atoms with Gasteiger partial charge in [-0.1, -0.05) is 13.8 Å². The average Bonchev–Trinajstić information content (AvgIpc) is 2.81. The Labute approximate surface area is 95.7 Å². The van der Waals surface area contributed by atoms with Gasteiger partial charge in [-0.2, -0.15) is 0 Å². The molecule has 1 heterocycles. The number of nitrogens with one attached hydrogen (secondary N) is 1. The monoisotopic (exact) mass is 225 g/mol. The molecule has 1 rings (SSSR count). The Bertz CT molecular complexity index is 304. The molecule has 0 aliphatic rings. The fourth-order valence-electron chi connectivity index (χ4n) is 1.58. The first kappa shape index (κ1) is 12.8. The molecule has 0 bridgehead atoms. The zero-order chi connectivity index (χ0) is 12.0. The third kappa shape index (κ3) is 3.38. The van der Waals surface area contributed by atoms with Crippen molar-refractivity contribution in [1.82, 2.24) is 5.32 Å². The van der Waals surface area contributed by atoms with Crippen LogP contribution in [0.1, 0.15) is 38.6 Å². The lowest BCUT2D eigenvalue weighted by Gasteiger charge is -2.14. The summed E-state index contributed by atoms with van der Waals surface area (Å²) >= 11 is 0. The molecule has 0 saturated carbocycles. The number of amides is 1. The Kier molecular flexibility index (Phi) is 5.05. The van der Waals surface area contributed by atoms with Crippen molar-refractivity contribution in [2.24, 2.45) is 5.92 Å². The van der Waals surface area contributed by atoms with E-state index in [0.717, 1.165) is 12.8 Å². The summed E-state index contributed by atoms with van der Waals surface area (Å²) in [6.07, 6.45) is 2.37. The number of carbonyl (C=O) groups is 1. The highest BCUT2D eigenvalue weighted by Crippen LogP contribution is 2.12. The number of aliphatic hydroxyl groups is 1. The van der Waals surface area contributed by atoms with E-state index in [9.17, 15) is 9.90 Å². The quantitative estimate of drug-likeness (QED) is 0.776. The van der Waals surface area contributed by atoms with E-state index in [1.807, 2.05) is 13.8 Å². The molecule has 0 saturated heterocycles. The largest absolute Gasteiger partial charge is 0.467 e. The topological polar surface area (TPSA) is 62.5 Å². The van der Waals surface area contributed by atoms with Gasteiger partial charge < -0.3 is 14.8 Å². The Balaban J connectivity index is 2.37. The lowest BCUT2D eigenvalue weighted by atomic mass is 10.0. The van der Waals surface area contributed by atoms with Crippen LogP contribution < -0.4 is 5.32 Å². The lowest BCUT2D eigenvalue weighted by molar-refractivity contribution is -0.125. The average molecular weight is 225 g/mol. The fraction of sp³-hybridized carbons (Fsp3) is 0.583. The van der Waals surface area contributed by atoms with Crippen LogP contribution in [0.5, 0.6) is 0 Å². The van der Waals surface area contributed by atoms with E-state index in [4.69, 9.17) is 4.42 Å². The van der Waals surface area contributed by atoms with Crippen molar-refractivity contribution in [2.45, 2.75) is 32.8 Å². The maximum atomic E-state index is 11.6. The van der Waals surface area contributed by atoms with Crippen LogP contribution in [0.15, 0.2) is 22.8 Å². The predicted octanol–water partition coefficient (Wildman–Crippen LogP) is 1.87. The molecule has 90 valence electrons. The number of hydrogen-bond acceptors (Lipinski definition) is 3. The molecule has 1 amide bonds. The van der Waals surface area contributed by atoms with Crippen LogP contribution in [0, 0.1) is 5.92 Å². The van der Waals surface area contributed by atoms with Gasteiger partial charge in [0.2, 0.25) is 5.91 Å². The van der Waals surface area contributed by atoms with E-state index in [0.29, 0.717) is 5.76 Å². The van der Waals surface area contributed by atoms with Gasteiger partial charge in [-0.15, -0.1) is 0 Å². The summed E-state index contributed by atoms with van der Waals surface area (Å²) in [6, 6.07) is 3.40. The van der Waals surface area contributed by atoms with E-state index < -0.39 is 6.10 Å². The number of hydrogen-bond donors (Lipinski definition) is 2. The second-order valence-corrected chi connectivity index (χ2v) is 3.79. The first-order valence-electron chi connectivity index (χ1n) is 5.68. The Morgan fingerprint density at radius 3 is 2.69 bits per heavy atom. The molecule has 0 radical (unpaired) electrons. The van der Waals surface area contributed by atoms with Crippen molar-refractivity contribution in [3.63, 3.8) is 0 Å². The highest BCUT2D eigenvalue weighted by Gasteiger charge is 2.16. The summed E-state index contributed by atoms with van der Waals surface area (Å²) in [6.45, 7) is 4.16. The maximum Gasteiger partial charge on any atom is 0.223 e. The number of rotatable bonds is 6. The summed E-state index contributed by atoms with van der Waals surface area (Å²) in [5.41, 5.74) is 0. The number of furan rings is 1. The van der Waals surface area contributed by atoms with Crippen molar-refractivity contribution < 1.29 is 14.3 Å². The van der Waals surface area contributed by atoms with Crippen LogP contribution in [0.3, 0.4) is 0 Å². The van der Waals surface area contributed by atoms with Gasteiger partial charge >= 0.3 is 0 Å². The van der Waals surface area contributed by atoms with E-state index in [1.54, 1.807) is 12.1 Å². The second-order valence-electron chi connectivity index (χ2n) is 3.79. The summed E-state index contributed by atoms with van der Waals surface area (Å²) in [5, 5.41) is 12.4. The maximum absolute atomic E-state index is 11.6. The summed E-state index contributed by atoms with van der Waals surface area (Å²) in [4.78, 5) is 11.6. The van der Waals surface area contributed by atoms with E-state index in [2.05, 4.69) is 5.32 Å². The van der Waals surface area contributed by atoms with Crippen LogP contribution in [-0.2, 0) is 4.79 Å². The van der Waals surface area contributed by atoms with Crippen molar-refractivity contribution in [3.05, 3.63) is 24.2 Å². The smallest absolute Gasteiger partial charge is 0.223 e. The van der Waals surface area contributed by atoms with Gasteiger partial charge in [0.25, 0.3) is 0 Å². The van der Waals surface area contributed by atoms with Crippen LogP contribution in [0.4, 0.5) is 0 Å². The molecule has 1 atom stereocenters. The zero-order valence-corrected chi connectivity index (χ0v) is 9.77. The molecule has 2 N–H and O–H groups in total. The molecule has 1 unspecified atom stereocenters. The predicted molar refractivity (Wildman–Crippen MR) is 60.7 cm³/mol. The van der Waals surface area contributed by atoms with Crippen LogP contribution in [0.25, 0.3) is 0 Å². The first-order chi connectivity index (χ1) is 7.69. The molecule has 16 heavy (non-hydrogen) atoms. The highest BCUT2D eigenvalue weighted by molar-refractivity contribution is 5.78. The SMILES string of the molecule is CCC(CC)C(=O)NCC(O)c1ccco1. The second kappa shape index (κ2) is 6.33. The molecular formula is C12H19NO3. The van der Waals surface area contributed by atoms with Gasteiger partial charge in [0.15, 0.2) is 0 Å². The normalized spacial score (nSPS) is 12.8. The Morgan fingerprint density at radius 2 is 2.19 bits per heavy atom.